The molecule has 2 rings (SSSR count). The summed E-state index contributed by atoms with van der Waals surface area (Å²) in [4.78, 5) is 15.3. The average molecular weight is 281 g/mol. The molecule has 0 amide bonds. The van der Waals surface area contributed by atoms with E-state index in [2.05, 4.69) is 4.90 Å². The predicted molar refractivity (Wildman–Crippen MR) is 76.7 cm³/mol. The zero-order valence-electron chi connectivity index (χ0n) is 11.8. The third kappa shape index (κ3) is 2.85. The lowest BCUT2D eigenvalue weighted by Crippen LogP contribution is -2.38. The number of halogens is 1. The van der Waals surface area contributed by atoms with Crippen molar-refractivity contribution in [2.45, 2.75) is 19.4 Å². The Hall–Kier alpha value is -1.82. The zero-order valence-corrected chi connectivity index (χ0v) is 11.8. The van der Waals surface area contributed by atoms with E-state index in [0.29, 0.717) is 12.2 Å². The third-order valence-electron chi connectivity index (χ3n) is 3.71. The molecule has 0 spiro atoms. The van der Waals surface area contributed by atoms with Crippen molar-refractivity contribution in [2.75, 3.05) is 37.3 Å². The van der Waals surface area contributed by atoms with E-state index in [9.17, 15) is 9.18 Å². The molecular weight excluding hydrogens is 261 g/mol. The van der Waals surface area contributed by atoms with Crippen molar-refractivity contribution < 1.29 is 14.3 Å². The summed E-state index contributed by atoms with van der Waals surface area (Å²) in [6.07, 6.45) is 0.910. The van der Waals surface area contributed by atoms with Crippen LogP contribution in [0.1, 0.15) is 23.7 Å². The Morgan fingerprint density at radius 2 is 2.15 bits per heavy atom. The van der Waals surface area contributed by atoms with Crippen LogP contribution in [0.25, 0.3) is 0 Å². The first-order valence-corrected chi connectivity index (χ1v) is 6.67. The summed E-state index contributed by atoms with van der Waals surface area (Å²) in [5.41, 5.74) is 5.79. The number of carboxylic acids is 1. The highest BCUT2D eigenvalue weighted by Gasteiger charge is 2.24. The smallest absolute Gasteiger partial charge is 0.337 e. The van der Waals surface area contributed by atoms with Gasteiger partial charge in [0.2, 0.25) is 0 Å². The molecule has 1 unspecified atom stereocenters. The first-order chi connectivity index (χ1) is 9.40. The Balaban J connectivity index is 2.40. The summed E-state index contributed by atoms with van der Waals surface area (Å²) in [5.74, 6) is -1.60. The largest absolute Gasteiger partial charge is 0.478 e. The number of aromatic carboxylic acids is 1. The summed E-state index contributed by atoms with van der Waals surface area (Å²) in [7, 11) is 2.03. The number of benzene rings is 1. The second kappa shape index (κ2) is 5.66. The minimum absolute atomic E-state index is 0.0432. The molecule has 3 N–H and O–H groups in total. The van der Waals surface area contributed by atoms with Crippen molar-refractivity contribution >= 4 is 17.3 Å². The van der Waals surface area contributed by atoms with Crippen LogP contribution in [-0.4, -0.2) is 48.7 Å². The van der Waals surface area contributed by atoms with E-state index in [-0.39, 0.29) is 17.3 Å². The first-order valence-electron chi connectivity index (χ1n) is 6.67. The first kappa shape index (κ1) is 14.6. The molecule has 1 saturated heterocycles. The maximum atomic E-state index is 14.2. The van der Waals surface area contributed by atoms with Crippen molar-refractivity contribution in [3.63, 3.8) is 0 Å². The van der Waals surface area contributed by atoms with Gasteiger partial charge in [0.25, 0.3) is 0 Å². The number of anilines is 2. The molecule has 1 heterocycles. The number of carboxylic acid groups (broad SMARTS) is 1. The van der Waals surface area contributed by atoms with Crippen molar-refractivity contribution in [1.82, 2.24) is 4.90 Å². The number of likely N-dealkylation sites (N-methyl/N-ethyl adjacent to an activating group) is 1. The fraction of sp³-hybridized carbons (Fsp3) is 0.500. The van der Waals surface area contributed by atoms with Crippen LogP contribution in [0.2, 0.25) is 0 Å². The van der Waals surface area contributed by atoms with Crippen LogP contribution < -0.4 is 10.6 Å². The van der Waals surface area contributed by atoms with Crippen LogP contribution in [-0.2, 0) is 0 Å². The molecule has 0 radical (unpaired) electrons. The van der Waals surface area contributed by atoms with Crippen molar-refractivity contribution in [2.24, 2.45) is 0 Å². The van der Waals surface area contributed by atoms with Crippen LogP contribution in [0, 0.1) is 5.82 Å². The van der Waals surface area contributed by atoms with Crippen molar-refractivity contribution in [1.29, 1.82) is 0 Å². The number of carbonyl (C=O) groups is 1. The number of nitrogen functional groups attached to an aromatic ring is 1. The highest BCUT2D eigenvalue weighted by molar-refractivity contribution is 5.95. The molecule has 5 nitrogen and oxygen atoms in total. The van der Waals surface area contributed by atoms with Gasteiger partial charge in [0.15, 0.2) is 0 Å². The third-order valence-corrected chi connectivity index (χ3v) is 3.71. The molecule has 110 valence electrons. The topological polar surface area (TPSA) is 69.8 Å². The van der Waals surface area contributed by atoms with Gasteiger partial charge in [-0.1, -0.05) is 0 Å². The van der Waals surface area contributed by atoms with Gasteiger partial charge in [-0.2, -0.15) is 0 Å². The fourth-order valence-corrected chi connectivity index (χ4v) is 2.71. The molecule has 1 atom stereocenters. The second-order valence-corrected chi connectivity index (χ2v) is 5.35. The van der Waals surface area contributed by atoms with Crippen LogP contribution in [0.5, 0.6) is 0 Å². The Morgan fingerprint density at radius 1 is 1.45 bits per heavy atom. The monoisotopic (exact) mass is 281 g/mol. The lowest BCUT2D eigenvalue weighted by molar-refractivity contribution is 0.0698. The molecule has 1 fully saturated rings. The number of rotatable bonds is 2. The molecule has 0 saturated carbocycles. The summed E-state index contributed by atoms with van der Waals surface area (Å²) in [6.45, 7) is 4.47. The standard InChI is InChI=1S/C14H20FN3O2/c1-9-8-17(2)4-3-5-18(9)13-6-10(14(19)20)12(16)7-11(13)15/h6-7,9H,3-5,8,16H2,1-2H3,(H,19,20). The van der Waals surface area contributed by atoms with Gasteiger partial charge in [-0.3, -0.25) is 0 Å². The number of nitrogens with two attached hydrogens (primary N) is 1. The lowest BCUT2D eigenvalue weighted by Gasteiger charge is -2.30. The molecule has 1 aromatic rings. The molecule has 1 aromatic carbocycles. The maximum absolute atomic E-state index is 14.2. The maximum Gasteiger partial charge on any atom is 0.337 e. The SMILES string of the molecule is CC1CN(C)CCCN1c1cc(C(=O)O)c(N)cc1F. The van der Waals surface area contributed by atoms with E-state index in [1.807, 2.05) is 18.9 Å². The van der Waals surface area contributed by atoms with Gasteiger partial charge in [0.1, 0.15) is 5.82 Å². The van der Waals surface area contributed by atoms with E-state index in [4.69, 9.17) is 10.8 Å². The van der Waals surface area contributed by atoms with E-state index in [1.54, 1.807) is 0 Å². The zero-order chi connectivity index (χ0) is 14.9. The Morgan fingerprint density at radius 3 is 2.80 bits per heavy atom. The van der Waals surface area contributed by atoms with Crippen LogP contribution >= 0.6 is 0 Å². The lowest BCUT2D eigenvalue weighted by atomic mass is 10.1. The van der Waals surface area contributed by atoms with Crippen LogP contribution in [0.3, 0.4) is 0 Å². The molecule has 0 aliphatic carbocycles. The van der Waals surface area contributed by atoms with Crippen LogP contribution in [0.4, 0.5) is 15.8 Å². The molecule has 1 aliphatic rings. The molecule has 20 heavy (non-hydrogen) atoms. The minimum atomic E-state index is -1.14. The van der Waals surface area contributed by atoms with Crippen LogP contribution in [0.15, 0.2) is 12.1 Å². The van der Waals surface area contributed by atoms with E-state index in [0.717, 1.165) is 25.6 Å². The van der Waals surface area contributed by atoms with E-state index >= 15 is 0 Å². The summed E-state index contributed by atoms with van der Waals surface area (Å²) in [6, 6.07) is 2.55. The normalized spacial score (nSPS) is 20.8. The molecule has 1 aliphatic heterocycles. The number of nitrogens with zero attached hydrogens (tertiary/aromatic N) is 2. The van der Waals surface area contributed by atoms with Crippen molar-refractivity contribution in [3.8, 4) is 0 Å². The number of hydrogen-bond acceptors (Lipinski definition) is 4. The predicted octanol–water partition coefficient (Wildman–Crippen LogP) is 1.64. The van der Waals surface area contributed by atoms with Gasteiger partial charge in [0, 0.05) is 24.8 Å². The summed E-state index contributed by atoms with van der Waals surface area (Å²) >= 11 is 0. The van der Waals surface area contributed by atoms with Gasteiger partial charge in [-0.05, 0) is 39.1 Å². The average Bonchev–Trinajstić information content (AvgIpc) is 2.50. The fourth-order valence-electron chi connectivity index (χ4n) is 2.71. The second-order valence-electron chi connectivity index (χ2n) is 5.35. The van der Waals surface area contributed by atoms with Gasteiger partial charge in [0.05, 0.1) is 11.3 Å². The molecular formula is C14H20FN3O2. The Labute approximate surface area is 117 Å². The number of hydrogen-bond donors (Lipinski definition) is 2. The van der Waals surface area contributed by atoms with Gasteiger partial charge < -0.3 is 20.6 Å². The van der Waals surface area contributed by atoms with E-state index < -0.39 is 11.8 Å². The summed E-state index contributed by atoms with van der Waals surface area (Å²) < 4.78 is 14.2. The minimum Gasteiger partial charge on any atom is -0.478 e. The van der Waals surface area contributed by atoms with E-state index in [1.165, 1.54) is 6.07 Å². The highest BCUT2D eigenvalue weighted by atomic mass is 19.1. The Bertz CT molecular complexity index is 521. The molecule has 0 aromatic heterocycles. The van der Waals surface area contributed by atoms with Gasteiger partial charge in [-0.25, -0.2) is 9.18 Å². The highest BCUT2D eigenvalue weighted by Crippen LogP contribution is 2.28. The molecule has 0 bridgehead atoms. The molecule has 6 heteroatoms. The van der Waals surface area contributed by atoms with Gasteiger partial charge in [-0.15, -0.1) is 0 Å². The van der Waals surface area contributed by atoms with Crippen molar-refractivity contribution in [3.05, 3.63) is 23.5 Å². The van der Waals surface area contributed by atoms with Gasteiger partial charge >= 0.3 is 5.97 Å². The Kier molecular flexibility index (Phi) is 4.13. The quantitative estimate of drug-likeness (QED) is 0.806. The summed E-state index contributed by atoms with van der Waals surface area (Å²) in [5, 5.41) is 9.11.